The number of hydrogen-bond donors (Lipinski definition) is 1. The Hall–Kier alpha value is -0.820. The fraction of sp³-hybridized carbons (Fsp3) is 0.600. The van der Waals surface area contributed by atoms with Gasteiger partial charge in [-0.1, -0.05) is 52.0 Å². The SMILES string of the molecule is CC1CC(N)(c2ccc(C(C)(C)C)cc2)C1. The molecule has 0 spiro atoms. The second-order valence-corrected chi connectivity index (χ2v) is 6.50. The third-order valence-electron chi connectivity index (χ3n) is 3.75. The molecular formula is C15H23N. The molecule has 0 atom stereocenters. The van der Waals surface area contributed by atoms with Gasteiger partial charge in [-0.05, 0) is 35.3 Å². The van der Waals surface area contributed by atoms with E-state index in [4.69, 9.17) is 5.73 Å². The maximum atomic E-state index is 6.37. The van der Waals surface area contributed by atoms with Crippen LogP contribution >= 0.6 is 0 Å². The van der Waals surface area contributed by atoms with Crippen molar-refractivity contribution in [3.63, 3.8) is 0 Å². The van der Waals surface area contributed by atoms with Gasteiger partial charge in [0.1, 0.15) is 0 Å². The van der Waals surface area contributed by atoms with Gasteiger partial charge < -0.3 is 5.73 Å². The molecule has 0 bridgehead atoms. The Bertz CT molecular complexity index is 363. The van der Waals surface area contributed by atoms with Crippen molar-refractivity contribution in [3.8, 4) is 0 Å². The lowest BCUT2D eigenvalue weighted by Crippen LogP contribution is -2.47. The van der Waals surface area contributed by atoms with Crippen LogP contribution in [0.2, 0.25) is 0 Å². The molecule has 0 aliphatic heterocycles. The van der Waals surface area contributed by atoms with Crippen LogP contribution < -0.4 is 5.73 Å². The molecule has 2 rings (SSSR count). The van der Waals surface area contributed by atoms with E-state index in [2.05, 4.69) is 52.0 Å². The minimum atomic E-state index is -0.0458. The van der Waals surface area contributed by atoms with E-state index in [1.165, 1.54) is 11.1 Å². The summed E-state index contributed by atoms with van der Waals surface area (Å²) in [6.45, 7) is 9.00. The maximum absolute atomic E-state index is 6.37. The van der Waals surface area contributed by atoms with Crippen molar-refractivity contribution in [2.24, 2.45) is 11.7 Å². The third-order valence-corrected chi connectivity index (χ3v) is 3.75. The van der Waals surface area contributed by atoms with E-state index in [1.807, 2.05) is 0 Å². The second kappa shape index (κ2) is 3.59. The highest BCUT2D eigenvalue weighted by Gasteiger charge is 2.39. The first-order valence-corrected chi connectivity index (χ1v) is 6.21. The zero-order valence-corrected chi connectivity index (χ0v) is 10.9. The topological polar surface area (TPSA) is 26.0 Å². The van der Waals surface area contributed by atoms with E-state index in [0.717, 1.165) is 18.8 Å². The summed E-state index contributed by atoms with van der Waals surface area (Å²) < 4.78 is 0. The standard InChI is InChI=1S/C15H23N/c1-11-9-15(16,10-11)13-7-5-12(6-8-13)14(2,3)4/h5-8,11H,9-10,16H2,1-4H3. The zero-order chi connectivity index (χ0) is 12.0. The van der Waals surface area contributed by atoms with Crippen LogP contribution in [0.25, 0.3) is 0 Å². The Balaban J connectivity index is 2.20. The molecule has 1 nitrogen and oxygen atoms in total. The van der Waals surface area contributed by atoms with Crippen molar-refractivity contribution in [1.29, 1.82) is 0 Å². The number of hydrogen-bond acceptors (Lipinski definition) is 1. The van der Waals surface area contributed by atoms with Crippen LogP contribution in [0.1, 0.15) is 51.7 Å². The van der Waals surface area contributed by atoms with Crippen molar-refractivity contribution in [2.75, 3.05) is 0 Å². The molecule has 2 N–H and O–H groups in total. The molecule has 1 aliphatic carbocycles. The van der Waals surface area contributed by atoms with Gasteiger partial charge in [-0.3, -0.25) is 0 Å². The van der Waals surface area contributed by atoms with Crippen LogP contribution in [0, 0.1) is 5.92 Å². The van der Waals surface area contributed by atoms with Gasteiger partial charge in [-0.2, -0.15) is 0 Å². The first kappa shape index (κ1) is 11.7. The van der Waals surface area contributed by atoms with Crippen molar-refractivity contribution < 1.29 is 0 Å². The van der Waals surface area contributed by atoms with Crippen LogP contribution in [0.3, 0.4) is 0 Å². The fourth-order valence-corrected chi connectivity index (χ4v) is 2.72. The molecule has 1 heteroatoms. The molecule has 88 valence electrons. The molecule has 0 saturated heterocycles. The summed E-state index contributed by atoms with van der Waals surface area (Å²) in [4.78, 5) is 0. The Morgan fingerprint density at radius 3 is 2.00 bits per heavy atom. The highest BCUT2D eigenvalue weighted by molar-refractivity contribution is 5.33. The van der Waals surface area contributed by atoms with Crippen LogP contribution in [-0.4, -0.2) is 0 Å². The van der Waals surface area contributed by atoms with Crippen molar-refractivity contribution in [1.82, 2.24) is 0 Å². The quantitative estimate of drug-likeness (QED) is 0.764. The molecule has 1 aromatic rings. The molecule has 1 fully saturated rings. The Morgan fingerprint density at radius 1 is 1.12 bits per heavy atom. The van der Waals surface area contributed by atoms with Gasteiger partial charge in [-0.15, -0.1) is 0 Å². The molecule has 0 aromatic heterocycles. The molecule has 0 radical (unpaired) electrons. The first-order valence-electron chi connectivity index (χ1n) is 6.21. The highest BCUT2D eigenvalue weighted by Crippen LogP contribution is 2.43. The van der Waals surface area contributed by atoms with Gasteiger partial charge in [0.15, 0.2) is 0 Å². The number of nitrogens with two attached hydrogens (primary N) is 1. The minimum absolute atomic E-state index is 0.0458. The Morgan fingerprint density at radius 2 is 1.62 bits per heavy atom. The van der Waals surface area contributed by atoms with Gasteiger partial charge in [-0.25, -0.2) is 0 Å². The lowest BCUT2D eigenvalue weighted by atomic mass is 9.66. The average Bonchev–Trinajstić information content (AvgIpc) is 2.14. The predicted octanol–water partition coefficient (Wildman–Crippen LogP) is 3.57. The van der Waals surface area contributed by atoms with Crippen molar-refractivity contribution in [3.05, 3.63) is 35.4 Å². The van der Waals surface area contributed by atoms with E-state index in [9.17, 15) is 0 Å². The molecule has 1 saturated carbocycles. The van der Waals surface area contributed by atoms with E-state index >= 15 is 0 Å². The smallest absolute Gasteiger partial charge is 0.0414 e. The van der Waals surface area contributed by atoms with Crippen molar-refractivity contribution >= 4 is 0 Å². The van der Waals surface area contributed by atoms with Gasteiger partial charge in [0, 0.05) is 5.54 Å². The van der Waals surface area contributed by atoms with Gasteiger partial charge in [0.05, 0.1) is 0 Å². The largest absolute Gasteiger partial charge is 0.321 e. The summed E-state index contributed by atoms with van der Waals surface area (Å²) in [7, 11) is 0. The van der Waals surface area contributed by atoms with E-state index in [1.54, 1.807) is 0 Å². The zero-order valence-electron chi connectivity index (χ0n) is 10.9. The second-order valence-electron chi connectivity index (χ2n) is 6.50. The highest BCUT2D eigenvalue weighted by atomic mass is 14.8. The summed E-state index contributed by atoms with van der Waals surface area (Å²) in [6.07, 6.45) is 2.25. The number of rotatable bonds is 1. The summed E-state index contributed by atoms with van der Waals surface area (Å²) in [5.74, 6) is 0.785. The van der Waals surface area contributed by atoms with Gasteiger partial charge in [0.25, 0.3) is 0 Å². The maximum Gasteiger partial charge on any atom is 0.0414 e. The van der Waals surface area contributed by atoms with Gasteiger partial charge in [0.2, 0.25) is 0 Å². The lowest BCUT2D eigenvalue weighted by Gasteiger charge is -2.44. The normalized spacial score (nSPS) is 29.9. The molecule has 0 amide bonds. The first-order chi connectivity index (χ1) is 7.31. The summed E-state index contributed by atoms with van der Waals surface area (Å²) >= 11 is 0. The molecule has 1 aliphatic rings. The molecule has 1 aromatic carbocycles. The van der Waals surface area contributed by atoms with Crippen LogP contribution in [0.15, 0.2) is 24.3 Å². The molecular weight excluding hydrogens is 194 g/mol. The fourth-order valence-electron chi connectivity index (χ4n) is 2.72. The summed E-state index contributed by atoms with van der Waals surface area (Å²) in [5.41, 5.74) is 9.24. The summed E-state index contributed by atoms with van der Waals surface area (Å²) in [6, 6.07) is 8.89. The number of benzene rings is 1. The molecule has 0 unspecified atom stereocenters. The van der Waals surface area contributed by atoms with Crippen LogP contribution in [0.5, 0.6) is 0 Å². The van der Waals surface area contributed by atoms with Crippen molar-refractivity contribution in [2.45, 2.75) is 51.5 Å². The molecule has 16 heavy (non-hydrogen) atoms. The van der Waals surface area contributed by atoms with Gasteiger partial charge >= 0.3 is 0 Å². The van der Waals surface area contributed by atoms with E-state index in [0.29, 0.717) is 0 Å². The molecule has 0 heterocycles. The average molecular weight is 217 g/mol. The Labute approximate surface area is 99.0 Å². The predicted molar refractivity (Wildman–Crippen MR) is 69.4 cm³/mol. The van der Waals surface area contributed by atoms with Crippen LogP contribution in [0.4, 0.5) is 0 Å². The van der Waals surface area contributed by atoms with E-state index in [-0.39, 0.29) is 11.0 Å². The summed E-state index contributed by atoms with van der Waals surface area (Å²) in [5, 5.41) is 0. The van der Waals surface area contributed by atoms with Crippen LogP contribution in [-0.2, 0) is 11.0 Å². The lowest BCUT2D eigenvalue weighted by molar-refractivity contribution is 0.164. The Kier molecular flexibility index (Phi) is 2.62. The monoisotopic (exact) mass is 217 g/mol. The minimum Gasteiger partial charge on any atom is -0.321 e. The third kappa shape index (κ3) is 2.01. The van der Waals surface area contributed by atoms with E-state index < -0.39 is 0 Å².